The molecule has 1 saturated heterocycles. The lowest BCUT2D eigenvalue weighted by Gasteiger charge is -2.31. The van der Waals surface area contributed by atoms with Gasteiger partial charge in [-0.3, -0.25) is 9.59 Å². The highest BCUT2D eigenvalue weighted by Gasteiger charge is 2.24. The third-order valence-electron chi connectivity index (χ3n) is 4.31. The Morgan fingerprint density at radius 3 is 2.81 bits per heavy atom. The van der Waals surface area contributed by atoms with Crippen LogP contribution in [-0.2, 0) is 16.0 Å². The molecule has 1 N–H and O–H groups in total. The number of benzene rings is 1. The van der Waals surface area contributed by atoms with Crippen molar-refractivity contribution < 1.29 is 14.3 Å². The lowest BCUT2D eigenvalue weighted by Crippen LogP contribution is -2.40. The number of anilines is 1. The first-order valence-corrected chi connectivity index (χ1v) is 7.43. The summed E-state index contributed by atoms with van der Waals surface area (Å²) < 4.78 is 5.34. The molecular formula is C16H20N2O3. The van der Waals surface area contributed by atoms with Crippen LogP contribution in [0.5, 0.6) is 0 Å². The predicted molar refractivity (Wildman–Crippen MR) is 79.3 cm³/mol. The van der Waals surface area contributed by atoms with E-state index in [0.717, 1.165) is 37.3 Å². The molecule has 1 fully saturated rings. The molecule has 5 nitrogen and oxygen atoms in total. The van der Waals surface area contributed by atoms with E-state index in [-0.39, 0.29) is 17.9 Å². The molecule has 2 aliphatic rings. The van der Waals surface area contributed by atoms with Gasteiger partial charge in [-0.1, -0.05) is 0 Å². The second-order valence-corrected chi connectivity index (χ2v) is 5.68. The van der Waals surface area contributed by atoms with Gasteiger partial charge in [-0.15, -0.1) is 0 Å². The number of nitrogens with one attached hydrogen (secondary N) is 1. The first kappa shape index (κ1) is 14.1. The van der Waals surface area contributed by atoms with Crippen molar-refractivity contribution in [3.05, 3.63) is 29.3 Å². The Labute approximate surface area is 124 Å². The molecule has 3 rings (SSSR count). The van der Waals surface area contributed by atoms with Crippen LogP contribution >= 0.6 is 0 Å². The molecule has 2 heterocycles. The van der Waals surface area contributed by atoms with Gasteiger partial charge in [-0.05, 0) is 43.0 Å². The number of ether oxygens (including phenoxy) is 1. The Balaban J connectivity index is 1.76. The van der Waals surface area contributed by atoms with Crippen molar-refractivity contribution in [1.29, 1.82) is 0 Å². The highest BCUT2D eigenvalue weighted by molar-refractivity contribution is 5.98. The molecule has 0 spiro atoms. The maximum Gasteiger partial charge on any atom is 0.253 e. The molecule has 0 radical (unpaired) electrons. The normalized spacial score (nSPS) is 18.8. The van der Waals surface area contributed by atoms with Gasteiger partial charge in [0.15, 0.2) is 0 Å². The Morgan fingerprint density at radius 1 is 1.29 bits per heavy atom. The average molecular weight is 288 g/mol. The fraction of sp³-hybridized carbons (Fsp3) is 0.500. The first-order chi connectivity index (χ1) is 10.1. The summed E-state index contributed by atoms with van der Waals surface area (Å²) in [6, 6.07) is 5.79. The summed E-state index contributed by atoms with van der Waals surface area (Å²) in [7, 11) is 1.86. The molecule has 0 aliphatic carbocycles. The number of carbonyl (C=O) groups excluding carboxylic acids is 2. The Kier molecular flexibility index (Phi) is 3.92. The van der Waals surface area contributed by atoms with Crippen LogP contribution in [0.3, 0.4) is 0 Å². The first-order valence-electron chi connectivity index (χ1n) is 7.43. The summed E-state index contributed by atoms with van der Waals surface area (Å²) >= 11 is 0. The van der Waals surface area contributed by atoms with Crippen LogP contribution < -0.4 is 5.32 Å². The molecule has 2 amide bonds. The van der Waals surface area contributed by atoms with Gasteiger partial charge in [0.25, 0.3) is 5.91 Å². The standard InChI is InChI=1S/C16H20N2O3/c1-18(13-6-8-21-9-7-13)16(20)12-2-4-14-11(10-12)3-5-15(19)17-14/h2,4,10,13H,3,5-9H2,1H3,(H,17,19). The number of hydrogen-bond donors (Lipinski definition) is 1. The number of rotatable bonds is 2. The van der Waals surface area contributed by atoms with E-state index in [1.165, 1.54) is 0 Å². The smallest absolute Gasteiger partial charge is 0.253 e. The SMILES string of the molecule is CN(C(=O)c1ccc2c(c1)CCC(=O)N2)C1CCOCC1. The highest BCUT2D eigenvalue weighted by Crippen LogP contribution is 2.25. The van der Waals surface area contributed by atoms with Crippen LogP contribution in [-0.4, -0.2) is 43.0 Å². The van der Waals surface area contributed by atoms with E-state index < -0.39 is 0 Å². The maximum absolute atomic E-state index is 12.6. The lowest BCUT2D eigenvalue weighted by atomic mass is 9.99. The van der Waals surface area contributed by atoms with E-state index in [2.05, 4.69) is 5.32 Å². The predicted octanol–water partition coefficient (Wildman–Crippen LogP) is 1.82. The molecule has 112 valence electrons. The maximum atomic E-state index is 12.6. The van der Waals surface area contributed by atoms with E-state index in [9.17, 15) is 9.59 Å². The monoisotopic (exact) mass is 288 g/mol. The average Bonchev–Trinajstić information content (AvgIpc) is 2.53. The lowest BCUT2D eigenvalue weighted by molar-refractivity contribution is -0.116. The quantitative estimate of drug-likeness (QED) is 0.903. The van der Waals surface area contributed by atoms with Crippen molar-refractivity contribution >= 4 is 17.5 Å². The molecule has 0 atom stereocenters. The molecule has 5 heteroatoms. The Bertz CT molecular complexity index is 565. The van der Waals surface area contributed by atoms with Gasteiger partial charge < -0.3 is 15.0 Å². The van der Waals surface area contributed by atoms with Gasteiger partial charge in [0.05, 0.1) is 0 Å². The number of fused-ring (bicyclic) bond motifs is 1. The Morgan fingerprint density at radius 2 is 2.05 bits per heavy atom. The van der Waals surface area contributed by atoms with Crippen LogP contribution in [0.25, 0.3) is 0 Å². The number of aryl methyl sites for hydroxylation is 1. The van der Waals surface area contributed by atoms with Crippen molar-refractivity contribution in [1.82, 2.24) is 4.90 Å². The molecular weight excluding hydrogens is 268 g/mol. The zero-order valence-electron chi connectivity index (χ0n) is 12.2. The number of carbonyl (C=O) groups is 2. The highest BCUT2D eigenvalue weighted by atomic mass is 16.5. The molecule has 0 aromatic heterocycles. The summed E-state index contributed by atoms with van der Waals surface area (Å²) in [5.41, 5.74) is 2.57. The second kappa shape index (κ2) is 5.85. The fourth-order valence-electron chi connectivity index (χ4n) is 2.96. The topological polar surface area (TPSA) is 58.6 Å². The molecule has 0 unspecified atom stereocenters. The van der Waals surface area contributed by atoms with E-state index in [1.807, 2.05) is 24.1 Å². The van der Waals surface area contributed by atoms with Crippen molar-refractivity contribution in [3.63, 3.8) is 0 Å². The molecule has 0 bridgehead atoms. The third-order valence-corrected chi connectivity index (χ3v) is 4.31. The largest absolute Gasteiger partial charge is 0.381 e. The van der Waals surface area contributed by atoms with Crippen molar-refractivity contribution in [2.24, 2.45) is 0 Å². The fourth-order valence-corrected chi connectivity index (χ4v) is 2.96. The summed E-state index contributed by atoms with van der Waals surface area (Å²) in [6.07, 6.45) is 2.97. The van der Waals surface area contributed by atoms with E-state index >= 15 is 0 Å². The van der Waals surface area contributed by atoms with Crippen LogP contribution in [0.1, 0.15) is 35.2 Å². The summed E-state index contributed by atoms with van der Waals surface area (Å²) in [5.74, 6) is 0.0856. The number of hydrogen-bond acceptors (Lipinski definition) is 3. The van der Waals surface area contributed by atoms with Crippen molar-refractivity contribution in [2.75, 3.05) is 25.6 Å². The zero-order valence-corrected chi connectivity index (χ0v) is 12.2. The second-order valence-electron chi connectivity index (χ2n) is 5.68. The molecule has 2 aliphatic heterocycles. The number of nitrogens with zero attached hydrogens (tertiary/aromatic N) is 1. The summed E-state index contributed by atoms with van der Waals surface area (Å²) in [5, 5.41) is 2.84. The van der Waals surface area contributed by atoms with Crippen LogP contribution in [0, 0.1) is 0 Å². The van der Waals surface area contributed by atoms with Gasteiger partial charge in [-0.2, -0.15) is 0 Å². The van der Waals surface area contributed by atoms with Gasteiger partial charge in [0.2, 0.25) is 5.91 Å². The molecule has 1 aromatic rings. The van der Waals surface area contributed by atoms with Crippen molar-refractivity contribution in [2.45, 2.75) is 31.7 Å². The zero-order chi connectivity index (χ0) is 14.8. The van der Waals surface area contributed by atoms with Gasteiger partial charge in [0, 0.05) is 44.0 Å². The van der Waals surface area contributed by atoms with Crippen LogP contribution in [0.2, 0.25) is 0 Å². The minimum Gasteiger partial charge on any atom is -0.381 e. The molecule has 21 heavy (non-hydrogen) atoms. The van der Waals surface area contributed by atoms with Crippen LogP contribution in [0.15, 0.2) is 18.2 Å². The van der Waals surface area contributed by atoms with E-state index in [4.69, 9.17) is 4.74 Å². The summed E-state index contributed by atoms with van der Waals surface area (Å²) in [4.78, 5) is 25.8. The van der Waals surface area contributed by atoms with Crippen LogP contribution in [0.4, 0.5) is 5.69 Å². The minimum absolute atomic E-state index is 0.0425. The van der Waals surface area contributed by atoms with Gasteiger partial charge in [-0.25, -0.2) is 0 Å². The van der Waals surface area contributed by atoms with E-state index in [1.54, 1.807) is 6.07 Å². The van der Waals surface area contributed by atoms with Crippen molar-refractivity contribution in [3.8, 4) is 0 Å². The van der Waals surface area contributed by atoms with Gasteiger partial charge >= 0.3 is 0 Å². The summed E-state index contributed by atoms with van der Waals surface area (Å²) in [6.45, 7) is 1.44. The van der Waals surface area contributed by atoms with E-state index in [0.29, 0.717) is 18.4 Å². The third kappa shape index (κ3) is 2.93. The molecule has 1 aromatic carbocycles. The van der Waals surface area contributed by atoms with Gasteiger partial charge in [0.1, 0.15) is 0 Å². The minimum atomic E-state index is 0.0425. The number of amides is 2. The Hall–Kier alpha value is -1.88. The molecule has 0 saturated carbocycles.